The summed E-state index contributed by atoms with van der Waals surface area (Å²) in [4.78, 5) is 12.6. The molecule has 10 heteroatoms. The highest BCUT2D eigenvalue weighted by atomic mass is 35.5. The smallest absolute Gasteiger partial charge is 0.243 e. The Morgan fingerprint density at radius 3 is 2.57 bits per heavy atom. The first-order chi connectivity index (χ1) is 14.1. The summed E-state index contributed by atoms with van der Waals surface area (Å²) in [6.45, 7) is 1.95. The summed E-state index contributed by atoms with van der Waals surface area (Å²) in [6.07, 6.45) is 1.05. The summed E-state index contributed by atoms with van der Waals surface area (Å²) < 4.78 is 30.9. The van der Waals surface area contributed by atoms with E-state index < -0.39 is 22.0 Å². The third kappa shape index (κ3) is 6.97. The minimum atomic E-state index is -3.72. The zero-order valence-electron chi connectivity index (χ0n) is 16.9. The monoisotopic (exact) mass is 490 g/mol. The molecule has 0 heterocycles. The molecule has 6 nitrogen and oxygen atoms in total. The first-order valence-electron chi connectivity index (χ1n) is 9.06. The van der Waals surface area contributed by atoms with Crippen molar-refractivity contribution in [3.8, 4) is 5.75 Å². The van der Waals surface area contributed by atoms with Crippen LogP contribution in [-0.2, 0) is 20.6 Å². The van der Waals surface area contributed by atoms with E-state index in [1.165, 1.54) is 20.1 Å². The minimum Gasteiger partial charge on any atom is -0.495 e. The topological polar surface area (TPSA) is 75.7 Å². The summed E-state index contributed by atoms with van der Waals surface area (Å²) in [5, 5.41) is 3.74. The quantitative estimate of drug-likeness (QED) is 0.504. The van der Waals surface area contributed by atoms with Gasteiger partial charge in [-0.3, -0.25) is 9.10 Å². The SMILES string of the molecule is COc1ccc(N([C@@H](C)C(=O)NCCSCc2cccc(Cl)c2)S(C)(=O)=O)cc1Cl. The van der Waals surface area contributed by atoms with Crippen LogP contribution in [0.15, 0.2) is 42.5 Å². The van der Waals surface area contributed by atoms with E-state index in [2.05, 4.69) is 5.32 Å². The fourth-order valence-corrected chi connectivity index (χ4v) is 5.25. The van der Waals surface area contributed by atoms with Crippen molar-refractivity contribution < 1.29 is 17.9 Å². The maximum atomic E-state index is 12.6. The maximum absolute atomic E-state index is 12.6. The van der Waals surface area contributed by atoms with Crippen LogP contribution in [0.25, 0.3) is 0 Å². The average Bonchev–Trinajstić information content (AvgIpc) is 2.66. The molecular weight excluding hydrogens is 467 g/mol. The van der Waals surface area contributed by atoms with Crippen molar-refractivity contribution in [3.63, 3.8) is 0 Å². The summed E-state index contributed by atoms with van der Waals surface area (Å²) in [5.41, 5.74) is 1.40. The Morgan fingerprint density at radius 1 is 1.23 bits per heavy atom. The maximum Gasteiger partial charge on any atom is 0.243 e. The lowest BCUT2D eigenvalue weighted by Crippen LogP contribution is -2.48. The molecule has 0 aromatic heterocycles. The largest absolute Gasteiger partial charge is 0.495 e. The predicted molar refractivity (Wildman–Crippen MR) is 125 cm³/mol. The molecular formula is C20H24Cl2N2O4S2. The highest BCUT2D eigenvalue weighted by Gasteiger charge is 2.29. The molecule has 164 valence electrons. The second-order valence-corrected chi connectivity index (χ2v) is 10.3. The molecule has 0 saturated carbocycles. The Morgan fingerprint density at radius 2 is 1.97 bits per heavy atom. The number of sulfonamides is 1. The fraction of sp³-hybridized carbons (Fsp3) is 0.350. The van der Waals surface area contributed by atoms with Gasteiger partial charge in [-0.15, -0.1) is 0 Å². The van der Waals surface area contributed by atoms with Crippen LogP contribution in [0.4, 0.5) is 5.69 Å². The number of hydrogen-bond donors (Lipinski definition) is 1. The normalized spacial score (nSPS) is 12.3. The van der Waals surface area contributed by atoms with Crippen molar-refractivity contribution >= 4 is 56.6 Å². The first kappa shape index (κ1) is 24.7. The summed E-state index contributed by atoms with van der Waals surface area (Å²) in [6, 6.07) is 11.2. The highest BCUT2D eigenvalue weighted by molar-refractivity contribution is 7.98. The number of carbonyl (C=O) groups is 1. The molecule has 1 atom stereocenters. The van der Waals surface area contributed by atoms with E-state index in [4.69, 9.17) is 27.9 Å². The number of anilines is 1. The van der Waals surface area contributed by atoms with E-state index in [-0.39, 0.29) is 5.02 Å². The molecule has 0 spiro atoms. The van der Waals surface area contributed by atoms with Crippen molar-refractivity contribution in [2.24, 2.45) is 0 Å². The predicted octanol–water partition coefficient (Wildman–Crippen LogP) is 4.21. The van der Waals surface area contributed by atoms with Crippen molar-refractivity contribution in [3.05, 3.63) is 58.1 Å². The Kier molecular flexibility index (Phi) is 9.15. The minimum absolute atomic E-state index is 0.258. The number of thioether (sulfide) groups is 1. The van der Waals surface area contributed by atoms with Crippen LogP contribution in [-0.4, -0.2) is 46.0 Å². The van der Waals surface area contributed by atoms with Crippen molar-refractivity contribution in [1.29, 1.82) is 0 Å². The van der Waals surface area contributed by atoms with Crippen LogP contribution < -0.4 is 14.4 Å². The molecule has 2 aromatic carbocycles. The number of methoxy groups -OCH3 is 1. The Hall–Kier alpha value is -1.61. The standard InChI is InChI=1S/C20H24Cl2N2O4S2/c1-14(20(25)23-9-10-29-13-15-5-4-6-16(21)11-15)24(30(3,26)27)17-7-8-19(28-2)18(22)12-17/h4-8,11-12,14H,9-10,13H2,1-3H3,(H,23,25)/t14-/m0/s1. The van der Waals surface area contributed by atoms with E-state index in [0.717, 1.165) is 21.9 Å². The van der Waals surface area contributed by atoms with Crippen LogP contribution in [0.1, 0.15) is 12.5 Å². The van der Waals surface area contributed by atoms with Crippen LogP contribution in [0.5, 0.6) is 5.75 Å². The molecule has 0 bridgehead atoms. The van der Waals surface area contributed by atoms with Gasteiger partial charge in [-0.25, -0.2) is 8.42 Å². The Balaban J connectivity index is 1.96. The van der Waals surface area contributed by atoms with E-state index in [1.54, 1.807) is 23.9 Å². The number of halogens is 2. The molecule has 2 aromatic rings. The molecule has 0 aliphatic carbocycles. The average molecular weight is 491 g/mol. The molecule has 0 aliphatic heterocycles. The third-order valence-electron chi connectivity index (χ3n) is 4.18. The molecule has 1 N–H and O–H groups in total. The van der Waals surface area contributed by atoms with E-state index in [9.17, 15) is 13.2 Å². The number of carbonyl (C=O) groups excluding carboxylic acids is 1. The zero-order valence-corrected chi connectivity index (χ0v) is 20.0. The first-order valence-corrected chi connectivity index (χ1v) is 12.8. The lowest BCUT2D eigenvalue weighted by Gasteiger charge is -2.28. The van der Waals surface area contributed by atoms with Gasteiger partial charge in [0.25, 0.3) is 0 Å². The van der Waals surface area contributed by atoms with Gasteiger partial charge in [-0.1, -0.05) is 35.3 Å². The zero-order chi connectivity index (χ0) is 22.3. The van der Waals surface area contributed by atoms with Crippen LogP contribution >= 0.6 is 35.0 Å². The number of hydrogen-bond acceptors (Lipinski definition) is 5. The molecule has 0 aliphatic rings. The molecule has 30 heavy (non-hydrogen) atoms. The van der Waals surface area contributed by atoms with Crippen molar-refractivity contribution in [2.75, 3.05) is 30.0 Å². The van der Waals surface area contributed by atoms with Gasteiger partial charge in [-0.05, 0) is 42.8 Å². The summed E-state index contributed by atoms with van der Waals surface area (Å²) in [7, 11) is -2.25. The number of benzene rings is 2. The molecule has 1 amide bonds. The van der Waals surface area contributed by atoms with Gasteiger partial charge in [0.05, 0.1) is 24.1 Å². The number of rotatable bonds is 10. The van der Waals surface area contributed by atoms with E-state index in [0.29, 0.717) is 28.8 Å². The third-order valence-corrected chi connectivity index (χ3v) is 6.98. The summed E-state index contributed by atoms with van der Waals surface area (Å²) in [5.74, 6) is 1.47. The number of nitrogens with zero attached hydrogens (tertiary/aromatic N) is 1. The molecule has 0 saturated heterocycles. The van der Waals surface area contributed by atoms with E-state index >= 15 is 0 Å². The van der Waals surface area contributed by atoms with E-state index in [1.807, 2.05) is 24.3 Å². The molecule has 2 rings (SSSR count). The van der Waals surface area contributed by atoms with Gasteiger partial charge in [0.1, 0.15) is 11.8 Å². The Bertz CT molecular complexity index is 987. The van der Waals surface area contributed by atoms with Gasteiger partial charge >= 0.3 is 0 Å². The van der Waals surface area contributed by atoms with Crippen LogP contribution in [0.3, 0.4) is 0 Å². The number of nitrogens with one attached hydrogen (secondary N) is 1. The second-order valence-electron chi connectivity index (χ2n) is 6.53. The van der Waals surface area contributed by atoms with Gasteiger partial charge in [0.2, 0.25) is 15.9 Å². The van der Waals surface area contributed by atoms with Gasteiger partial charge in [0, 0.05) is 23.1 Å². The molecule has 0 fully saturated rings. The number of ether oxygens (including phenoxy) is 1. The van der Waals surface area contributed by atoms with Gasteiger partial charge < -0.3 is 10.1 Å². The Labute approximate surface area is 191 Å². The lowest BCUT2D eigenvalue weighted by atomic mass is 10.2. The van der Waals surface area contributed by atoms with Crippen molar-refractivity contribution in [2.45, 2.75) is 18.7 Å². The van der Waals surface area contributed by atoms with Crippen LogP contribution in [0.2, 0.25) is 10.0 Å². The highest BCUT2D eigenvalue weighted by Crippen LogP contribution is 2.31. The summed E-state index contributed by atoms with van der Waals surface area (Å²) >= 11 is 13.7. The lowest BCUT2D eigenvalue weighted by molar-refractivity contribution is -0.121. The van der Waals surface area contributed by atoms with Crippen molar-refractivity contribution in [1.82, 2.24) is 5.32 Å². The van der Waals surface area contributed by atoms with Gasteiger partial charge in [0.15, 0.2) is 0 Å². The second kappa shape index (κ2) is 11.1. The molecule has 0 unspecified atom stereocenters. The number of amides is 1. The van der Waals surface area contributed by atoms with Gasteiger partial charge in [-0.2, -0.15) is 11.8 Å². The molecule has 0 radical (unpaired) electrons. The van der Waals surface area contributed by atoms with Crippen LogP contribution in [0, 0.1) is 0 Å². The fourth-order valence-electron chi connectivity index (χ4n) is 2.81.